The molecule has 0 bridgehead atoms. The van der Waals surface area contributed by atoms with E-state index < -0.39 is 15.9 Å². The topological polar surface area (TPSA) is 114 Å². The number of morpholine rings is 1. The van der Waals surface area contributed by atoms with Gasteiger partial charge in [0.1, 0.15) is 4.90 Å². The van der Waals surface area contributed by atoms with E-state index in [1.807, 2.05) is 0 Å². The zero-order valence-corrected chi connectivity index (χ0v) is 19.0. The number of carbonyl (C=O) groups is 2. The maximum Gasteiger partial charge on any atom is 0.255 e. The first-order valence-corrected chi connectivity index (χ1v) is 11.7. The second-order valence-corrected chi connectivity index (χ2v) is 9.22. The molecule has 3 rings (SSSR count). The fraction of sp³-hybridized carbons (Fsp3) is 0.333. The SMILES string of the molecule is COCCNC(=O)c1ccccc1NC(=O)c1ccc(Cl)c(S(=O)(=O)N2CCOCC2)c1. The van der Waals surface area contributed by atoms with Crippen molar-refractivity contribution in [2.45, 2.75) is 4.90 Å². The van der Waals surface area contributed by atoms with Crippen molar-refractivity contribution in [3.05, 3.63) is 58.6 Å². The number of benzene rings is 2. The Balaban J connectivity index is 1.83. The molecule has 2 N–H and O–H groups in total. The van der Waals surface area contributed by atoms with E-state index in [1.54, 1.807) is 24.3 Å². The predicted octanol–water partition coefficient (Wildman–Crippen LogP) is 1.99. The van der Waals surface area contributed by atoms with Gasteiger partial charge in [-0.25, -0.2) is 8.42 Å². The molecule has 11 heteroatoms. The zero-order chi connectivity index (χ0) is 23.1. The summed E-state index contributed by atoms with van der Waals surface area (Å²) in [4.78, 5) is 25.2. The molecule has 0 spiro atoms. The van der Waals surface area contributed by atoms with Crippen LogP contribution in [0.3, 0.4) is 0 Å². The molecule has 9 nitrogen and oxygen atoms in total. The number of halogens is 1. The molecule has 0 atom stereocenters. The molecule has 32 heavy (non-hydrogen) atoms. The van der Waals surface area contributed by atoms with E-state index in [-0.39, 0.29) is 40.0 Å². The van der Waals surface area contributed by atoms with Crippen molar-refractivity contribution >= 4 is 39.1 Å². The van der Waals surface area contributed by atoms with Gasteiger partial charge in [0.15, 0.2) is 0 Å². The van der Waals surface area contributed by atoms with Crippen LogP contribution in [-0.2, 0) is 19.5 Å². The molecule has 0 unspecified atom stereocenters. The van der Waals surface area contributed by atoms with Crippen LogP contribution in [0.2, 0.25) is 5.02 Å². The lowest BCUT2D eigenvalue weighted by molar-refractivity contribution is 0.0730. The Labute approximate surface area is 191 Å². The minimum absolute atomic E-state index is 0.0194. The van der Waals surface area contributed by atoms with Gasteiger partial charge in [-0.15, -0.1) is 0 Å². The summed E-state index contributed by atoms with van der Waals surface area (Å²) in [5.74, 6) is -0.943. The van der Waals surface area contributed by atoms with Crippen LogP contribution in [0, 0.1) is 0 Å². The van der Waals surface area contributed by atoms with Gasteiger partial charge in [0.25, 0.3) is 11.8 Å². The second-order valence-electron chi connectivity index (χ2n) is 6.91. The molecule has 172 valence electrons. The third kappa shape index (κ3) is 5.64. The van der Waals surface area contributed by atoms with Crippen molar-refractivity contribution in [2.24, 2.45) is 0 Å². The number of para-hydroxylation sites is 1. The Morgan fingerprint density at radius 1 is 1.12 bits per heavy atom. The van der Waals surface area contributed by atoms with Crippen molar-refractivity contribution < 1.29 is 27.5 Å². The summed E-state index contributed by atoms with van der Waals surface area (Å²) in [5, 5.41) is 5.39. The van der Waals surface area contributed by atoms with Gasteiger partial charge in [0.05, 0.1) is 36.1 Å². The molecule has 0 aliphatic carbocycles. The highest BCUT2D eigenvalue weighted by molar-refractivity contribution is 7.89. The number of methoxy groups -OCH3 is 1. The van der Waals surface area contributed by atoms with Crippen LogP contribution < -0.4 is 10.6 Å². The highest BCUT2D eigenvalue weighted by Crippen LogP contribution is 2.27. The molecule has 0 radical (unpaired) electrons. The number of ether oxygens (including phenoxy) is 2. The summed E-state index contributed by atoms with van der Waals surface area (Å²) in [6, 6.07) is 10.6. The van der Waals surface area contributed by atoms with Gasteiger partial charge < -0.3 is 20.1 Å². The summed E-state index contributed by atoms with van der Waals surface area (Å²) in [6.07, 6.45) is 0. The Morgan fingerprint density at radius 2 is 1.84 bits per heavy atom. The number of sulfonamides is 1. The van der Waals surface area contributed by atoms with E-state index in [2.05, 4.69) is 10.6 Å². The summed E-state index contributed by atoms with van der Waals surface area (Å²) < 4.78 is 37.4. The van der Waals surface area contributed by atoms with E-state index in [4.69, 9.17) is 21.1 Å². The summed E-state index contributed by atoms with van der Waals surface area (Å²) >= 11 is 6.16. The average Bonchev–Trinajstić information content (AvgIpc) is 2.80. The molecule has 1 saturated heterocycles. The van der Waals surface area contributed by atoms with Crippen molar-refractivity contribution in [3.8, 4) is 0 Å². The van der Waals surface area contributed by atoms with Gasteiger partial charge in [0.2, 0.25) is 10.0 Å². The normalized spacial score (nSPS) is 14.7. The van der Waals surface area contributed by atoms with E-state index in [1.165, 1.54) is 29.6 Å². The van der Waals surface area contributed by atoms with E-state index in [9.17, 15) is 18.0 Å². The lowest BCUT2D eigenvalue weighted by atomic mass is 10.1. The minimum Gasteiger partial charge on any atom is -0.383 e. The highest BCUT2D eigenvalue weighted by atomic mass is 35.5. The third-order valence-corrected chi connectivity index (χ3v) is 7.17. The van der Waals surface area contributed by atoms with Crippen molar-refractivity contribution in [1.82, 2.24) is 9.62 Å². The summed E-state index contributed by atoms with van der Waals surface area (Å²) in [7, 11) is -2.36. The number of hydrogen-bond donors (Lipinski definition) is 2. The molecule has 2 aromatic rings. The molecule has 1 aliphatic rings. The monoisotopic (exact) mass is 481 g/mol. The van der Waals surface area contributed by atoms with Crippen LogP contribution in [0.25, 0.3) is 0 Å². The lowest BCUT2D eigenvalue weighted by Crippen LogP contribution is -2.40. The molecular formula is C21H24ClN3O6S. The van der Waals surface area contributed by atoms with Gasteiger partial charge in [-0.3, -0.25) is 9.59 Å². The first-order chi connectivity index (χ1) is 15.3. The van der Waals surface area contributed by atoms with Crippen LogP contribution in [0.4, 0.5) is 5.69 Å². The number of rotatable bonds is 8. The Hall–Kier alpha value is -2.50. The molecule has 1 heterocycles. The van der Waals surface area contributed by atoms with Gasteiger partial charge in [-0.05, 0) is 30.3 Å². The molecule has 2 amide bonds. The number of nitrogens with one attached hydrogen (secondary N) is 2. The Bertz CT molecular complexity index is 1090. The Kier molecular flexibility index (Phi) is 8.21. The second kappa shape index (κ2) is 10.9. The van der Waals surface area contributed by atoms with Gasteiger partial charge >= 0.3 is 0 Å². The third-order valence-electron chi connectivity index (χ3n) is 4.79. The first-order valence-electron chi connectivity index (χ1n) is 9.89. The van der Waals surface area contributed by atoms with Crippen LogP contribution in [0.5, 0.6) is 0 Å². The standard InChI is InChI=1S/C21H24ClN3O6S/c1-30-11-8-23-21(27)16-4-2-3-5-18(16)24-20(26)15-6-7-17(22)19(14-15)32(28,29)25-9-12-31-13-10-25/h2-7,14H,8-13H2,1H3,(H,23,27)(H,24,26). The molecule has 2 aromatic carbocycles. The predicted molar refractivity (Wildman–Crippen MR) is 120 cm³/mol. The van der Waals surface area contributed by atoms with Crippen LogP contribution in [0.15, 0.2) is 47.4 Å². The maximum absolute atomic E-state index is 13.0. The van der Waals surface area contributed by atoms with Crippen molar-refractivity contribution in [2.75, 3.05) is 51.9 Å². The fourth-order valence-electron chi connectivity index (χ4n) is 3.11. The molecular weight excluding hydrogens is 458 g/mol. The zero-order valence-electron chi connectivity index (χ0n) is 17.5. The van der Waals surface area contributed by atoms with Crippen molar-refractivity contribution in [1.29, 1.82) is 0 Å². The molecule has 1 aliphatic heterocycles. The van der Waals surface area contributed by atoms with Crippen LogP contribution >= 0.6 is 11.6 Å². The number of amides is 2. The average molecular weight is 482 g/mol. The van der Waals surface area contributed by atoms with Crippen molar-refractivity contribution in [3.63, 3.8) is 0 Å². The molecule has 1 fully saturated rings. The summed E-state index contributed by atoms with van der Waals surface area (Å²) in [6.45, 7) is 1.67. The summed E-state index contributed by atoms with van der Waals surface area (Å²) in [5.41, 5.74) is 0.655. The number of anilines is 1. The largest absolute Gasteiger partial charge is 0.383 e. The number of carbonyl (C=O) groups excluding carboxylic acids is 2. The van der Waals surface area contributed by atoms with Gasteiger partial charge in [-0.1, -0.05) is 23.7 Å². The van der Waals surface area contributed by atoms with E-state index >= 15 is 0 Å². The number of nitrogens with zero attached hydrogens (tertiary/aromatic N) is 1. The van der Waals surface area contributed by atoms with E-state index in [0.717, 1.165) is 0 Å². The highest BCUT2D eigenvalue weighted by Gasteiger charge is 2.29. The van der Waals surface area contributed by atoms with Gasteiger partial charge in [0, 0.05) is 32.3 Å². The maximum atomic E-state index is 13.0. The Morgan fingerprint density at radius 3 is 2.56 bits per heavy atom. The quantitative estimate of drug-likeness (QED) is 0.557. The first kappa shape index (κ1) is 24.1. The number of hydrogen-bond acceptors (Lipinski definition) is 6. The lowest BCUT2D eigenvalue weighted by Gasteiger charge is -2.26. The van der Waals surface area contributed by atoms with E-state index in [0.29, 0.717) is 32.1 Å². The van der Waals surface area contributed by atoms with Crippen LogP contribution in [-0.4, -0.2) is 71.1 Å². The molecule has 0 aromatic heterocycles. The van der Waals surface area contributed by atoms with Crippen LogP contribution in [0.1, 0.15) is 20.7 Å². The smallest absolute Gasteiger partial charge is 0.255 e. The minimum atomic E-state index is -3.89. The van der Waals surface area contributed by atoms with Gasteiger partial charge in [-0.2, -0.15) is 4.31 Å². The molecule has 0 saturated carbocycles. The fourth-order valence-corrected chi connectivity index (χ4v) is 5.02.